The van der Waals surface area contributed by atoms with Gasteiger partial charge < -0.3 is 9.80 Å². The number of piperazine rings is 1. The summed E-state index contributed by atoms with van der Waals surface area (Å²) >= 11 is 0. The summed E-state index contributed by atoms with van der Waals surface area (Å²) in [4.78, 5) is 4.49. The fourth-order valence-electron chi connectivity index (χ4n) is 2.86. The molecule has 1 N–H and O–H groups in total. The van der Waals surface area contributed by atoms with Gasteiger partial charge in [-0.15, -0.1) is 0 Å². The first-order valence-corrected chi connectivity index (χ1v) is 9.85. The maximum Gasteiger partial charge on any atom is 0.301 e. The van der Waals surface area contributed by atoms with Crippen LogP contribution in [0.1, 0.15) is 0 Å². The first-order valence-electron chi connectivity index (χ1n) is 8.41. The molecule has 140 valence electrons. The van der Waals surface area contributed by atoms with Crippen molar-refractivity contribution < 1.29 is 12.8 Å². The summed E-state index contributed by atoms with van der Waals surface area (Å²) in [6, 6.07) is 13.9. The van der Waals surface area contributed by atoms with E-state index >= 15 is 0 Å². The largest absolute Gasteiger partial charge is 0.368 e. The Labute approximate surface area is 154 Å². The lowest BCUT2D eigenvalue weighted by Crippen LogP contribution is -2.46. The van der Waals surface area contributed by atoms with Gasteiger partial charge in [-0.2, -0.15) is 12.7 Å². The third-order valence-electron chi connectivity index (χ3n) is 4.43. The van der Waals surface area contributed by atoms with Gasteiger partial charge in [0.25, 0.3) is 0 Å². The van der Waals surface area contributed by atoms with E-state index in [9.17, 15) is 12.8 Å². The molecule has 0 aromatic heterocycles. The van der Waals surface area contributed by atoms with Crippen molar-refractivity contribution in [3.8, 4) is 0 Å². The van der Waals surface area contributed by atoms with E-state index in [4.69, 9.17) is 0 Å². The minimum Gasteiger partial charge on any atom is -0.368 e. The second-order valence-electron chi connectivity index (χ2n) is 6.39. The van der Waals surface area contributed by atoms with Gasteiger partial charge in [0.2, 0.25) is 0 Å². The second kappa shape index (κ2) is 7.51. The van der Waals surface area contributed by atoms with Gasteiger partial charge in [-0.1, -0.05) is 0 Å². The highest BCUT2D eigenvalue weighted by Crippen LogP contribution is 2.23. The van der Waals surface area contributed by atoms with Crippen molar-refractivity contribution >= 4 is 27.3 Å². The van der Waals surface area contributed by atoms with Crippen molar-refractivity contribution in [2.75, 3.05) is 54.8 Å². The lowest BCUT2D eigenvalue weighted by molar-refractivity contribution is 0.527. The monoisotopic (exact) mass is 378 g/mol. The Balaban J connectivity index is 1.60. The molecule has 3 rings (SSSR count). The van der Waals surface area contributed by atoms with Crippen LogP contribution in [0.25, 0.3) is 0 Å². The Morgan fingerprint density at radius 1 is 0.846 bits per heavy atom. The minimum atomic E-state index is -3.49. The average Bonchev–Trinajstić information content (AvgIpc) is 2.63. The lowest BCUT2D eigenvalue weighted by atomic mass is 10.2. The van der Waals surface area contributed by atoms with E-state index in [0.717, 1.165) is 41.9 Å². The molecule has 0 unspecified atom stereocenters. The molecule has 2 aromatic carbocycles. The summed E-state index contributed by atoms with van der Waals surface area (Å²) < 4.78 is 40.4. The van der Waals surface area contributed by atoms with Gasteiger partial charge >= 0.3 is 10.2 Å². The van der Waals surface area contributed by atoms with Crippen LogP contribution < -0.4 is 14.5 Å². The number of anilines is 3. The van der Waals surface area contributed by atoms with Crippen molar-refractivity contribution in [2.45, 2.75) is 0 Å². The highest BCUT2D eigenvalue weighted by molar-refractivity contribution is 7.90. The van der Waals surface area contributed by atoms with Crippen LogP contribution in [0, 0.1) is 5.82 Å². The van der Waals surface area contributed by atoms with Crippen LogP contribution in [-0.2, 0) is 10.2 Å². The quantitative estimate of drug-likeness (QED) is 0.868. The topological polar surface area (TPSA) is 55.9 Å². The van der Waals surface area contributed by atoms with Gasteiger partial charge in [0.05, 0.1) is 0 Å². The van der Waals surface area contributed by atoms with E-state index in [2.05, 4.69) is 14.5 Å². The smallest absolute Gasteiger partial charge is 0.301 e. The van der Waals surface area contributed by atoms with Crippen molar-refractivity contribution in [3.63, 3.8) is 0 Å². The molecule has 1 aliphatic rings. The highest BCUT2D eigenvalue weighted by Gasteiger charge is 2.18. The predicted octanol–water partition coefficient (Wildman–Crippen LogP) is 2.37. The van der Waals surface area contributed by atoms with E-state index in [0.29, 0.717) is 5.69 Å². The van der Waals surface area contributed by atoms with E-state index in [1.165, 1.54) is 26.2 Å². The number of hydrogen-bond acceptors (Lipinski definition) is 4. The molecule has 1 saturated heterocycles. The zero-order valence-corrected chi connectivity index (χ0v) is 15.7. The summed E-state index contributed by atoms with van der Waals surface area (Å²) in [6.45, 7) is 3.39. The SMILES string of the molecule is CN(C)S(=O)(=O)Nc1ccc(N2CCN(c3ccc(F)cc3)CC2)cc1. The first-order chi connectivity index (χ1) is 12.3. The molecule has 0 bridgehead atoms. The van der Waals surface area contributed by atoms with Crippen molar-refractivity contribution in [3.05, 3.63) is 54.3 Å². The van der Waals surface area contributed by atoms with Gasteiger partial charge in [-0.3, -0.25) is 4.72 Å². The van der Waals surface area contributed by atoms with Crippen LogP contribution >= 0.6 is 0 Å². The van der Waals surface area contributed by atoms with Crippen LogP contribution in [0.2, 0.25) is 0 Å². The molecule has 0 amide bonds. The predicted molar refractivity (Wildman–Crippen MR) is 103 cm³/mol. The average molecular weight is 378 g/mol. The molecule has 1 fully saturated rings. The zero-order valence-electron chi connectivity index (χ0n) is 14.9. The molecule has 8 heteroatoms. The maximum absolute atomic E-state index is 13.0. The van der Waals surface area contributed by atoms with E-state index in [1.807, 2.05) is 12.1 Å². The Bertz CT molecular complexity index is 830. The molecule has 0 radical (unpaired) electrons. The van der Waals surface area contributed by atoms with E-state index in [1.54, 1.807) is 24.3 Å². The third-order valence-corrected chi connectivity index (χ3v) is 5.89. The third kappa shape index (κ3) is 4.25. The number of benzene rings is 2. The molecule has 0 spiro atoms. The fraction of sp³-hybridized carbons (Fsp3) is 0.333. The minimum absolute atomic E-state index is 0.225. The van der Waals surface area contributed by atoms with Gasteiger partial charge in [-0.25, -0.2) is 4.39 Å². The number of hydrogen-bond donors (Lipinski definition) is 1. The number of nitrogens with zero attached hydrogens (tertiary/aromatic N) is 3. The van der Waals surface area contributed by atoms with Crippen molar-refractivity contribution in [2.24, 2.45) is 0 Å². The van der Waals surface area contributed by atoms with Crippen LogP contribution in [0.4, 0.5) is 21.5 Å². The number of halogens is 1. The molecular formula is C18H23FN4O2S. The molecular weight excluding hydrogens is 355 g/mol. The van der Waals surface area contributed by atoms with Crippen molar-refractivity contribution in [1.82, 2.24) is 4.31 Å². The summed E-state index contributed by atoms with van der Waals surface area (Å²) in [7, 11) is -0.527. The second-order valence-corrected chi connectivity index (χ2v) is 8.27. The summed E-state index contributed by atoms with van der Waals surface area (Å²) in [5, 5.41) is 0. The molecule has 6 nitrogen and oxygen atoms in total. The summed E-state index contributed by atoms with van der Waals surface area (Å²) in [6.07, 6.45) is 0. The fourth-order valence-corrected chi connectivity index (χ4v) is 3.47. The van der Waals surface area contributed by atoms with Gasteiger partial charge in [0, 0.05) is 57.3 Å². The summed E-state index contributed by atoms with van der Waals surface area (Å²) in [5.74, 6) is -0.225. The normalized spacial score (nSPS) is 15.4. The van der Waals surface area contributed by atoms with Gasteiger partial charge in [0.15, 0.2) is 0 Å². The zero-order chi connectivity index (χ0) is 18.7. The van der Waals surface area contributed by atoms with Crippen LogP contribution in [0.5, 0.6) is 0 Å². The molecule has 1 aliphatic heterocycles. The highest BCUT2D eigenvalue weighted by atomic mass is 32.2. The standard InChI is InChI=1S/C18H23FN4O2S/c1-21(2)26(24,25)20-16-5-9-18(10-6-16)23-13-11-22(12-14-23)17-7-3-15(19)4-8-17/h3-10,20H,11-14H2,1-2H3. The lowest BCUT2D eigenvalue weighted by Gasteiger charge is -2.37. The van der Waals surface area contributed by atoms with Crippen LogP contribution in [0.15, 0.2) is 48.5 Å². The molecule has 26 heavy (non-hydrogen) atoms. The van der Waals surface area contributed by atoms with Crippen molar-refractivity contribution in [1.29, 1.82) is 0 Å². The van der Waals surface area contributed by atoms with Gasteiger partial charge in [0.1, 0.15) is 5.82 Å². The van der Waals surface area contributed by atoms with Crippen LogP contribution in [-0.4, -0.2) is 53.0 Å². The first kappa shape index (κ1) is 18.5. The Morgan fingerprint density at radius 2 is 1.27 bits per heavy atom. The van der Waals surface area contributed by atoms with E-state index in [-0.39, 0.29) is 5.82 Å². The Hall–Kier alpha value is -2.32. The molecule has 0 aliphatic carbocycles. The number of nitrogens with one attached hydrogen (secondary N) is 1. The molecule has 0 saturated carbocycles. The molecule has 1 heterocycles. The molecule has 0 atom stereocenters. The maximum atomic E-state index is 13.0. The van der Waals surface area contributed by atoms with Gasteiger partial charge in [-0.05, 0) is 48.5 Å². The Kier molecular flexibility index (Phi) is 5.33. The Morgan fingerprint density at radius 3 is 1.69 bits per heavy atom. The number of rotatable bonds is 5. The van der Waals surface area contributed by atoms with Crippen LogP contribution in [0.3, 0.4) is 0 Å². The van der Waals surface area contributed by atoms with E-state index < -0.39 is 10.2 Å². The summed E-state index contributed by atoms with van der Waals surface area (Å²) in [5.41, 5.74) is 2.61. The molecule has 2 aromatic rings.